The first-order chi connectivity index (χ1) is 16.0. The highest BCUT2D eigenvalue weighted by Gasteiger charge is 2.32. The number of alkyl halides is 1. The standard InChI is InChI=1S/C24H27FN6O2/c1-14-26-9-15(10-27-14)19-3-4-21-20-7-18(12-28-21)30-17-5-6-31(2)22(8-17)24(32)29-11-16(25)13-33-23(19)20/h3-4,7,9-10,12,16-17,22,30H,5-6,8,11,13H2,1-2H3,(H,29,32)/t16?,17-,22-/m0/s1. The van der Waals surface area contributed by atoms with E-state index < -0.39 is 6.17 Å². The van der Waals surface area contributed by atoms with Gasteiger partial charge in [-0.25, -0.2) is 14.4 Å². The van der Waals surface area contributed by atoms with Crippen molar-refractivity contribution in [2.45, 2.75) is 38.0 Å². The summed E-state index contributed by atoms with van der Waals surface area (Å²) in [7, 11) is 1.93. The summed E-state index contributed by atoms with van der Waals surface area (Å²) in [6.45, 7) is 2.31. The van der Waals surface area contributed by atoms with Gasteiger partial charge in [-0.3, -0.25) is 14.7 Å². The minimum Gasteiger partial charge on any atom is -0.489 e. The molecule has 0 spiro atoms. The second-order valence-corrected chi connectivity index (χ2v) is 8.77. The smallest absolute Gasteiger partial charge is 0.237 e. The number of ether oxygens (including phenoxy) is 1. The molecule has 1 aromatic carbocycles. The number of pyridine rings is 1. The third-order valence-electron chi connectivity index (χ3n) is 6.36. The maximum Gasteiger partial charge on any atom is 0.237 e. The zero-order chi connectivity index (χ0) is 22.9. The number of anilines is 1. The molecule has 172 valence electrons. The lowest BCUT2D eigenvalue weighted by Gasteiger charge is -2.37. The molecule has 4 bridgehead atoms. The minimum atomic E-state index is -1.35. The largest absolute Gasteiger partial charge is 0.489 e. The van der Waals surface area contributed by atoms with Crippen LogP contribution in [0.2, 0.25) is 0 Å². The van der Waals surface area contributed by atoms with Gasteiger partial charge in [0.05, 0.1) is 30.0 Å². The number of piperidine rings is 1. The van der Waals surface area contributed by atoms with Crippen LogP contribution in [-0.4, -0.2) is 70.8 Å². The monoisotopic (exact) mass is 450 g/mol. The molecule has 0 aliphatic carbocycles. The van der Waals surface area contributed by atoms with Crippen molar-refractivity contribution in [3.63, 3.8) is 0 Å². The van der Waals surface area contributed by atoms with E-state index in [-0.39, 0.29) is 31.1 Å². The van der Waals surface area contributed by atoms with Crippen LogP contribution < -0.4 is 15.4 Å². The van der Waals surface area contributed by atoms with Crippen LogP contribution in [0.25, 0.3) is 22.0 Å². The zero-order valence-corrected chi connectivity index (χ0v) is 18.7. The molecule has 4 heterocycles. The Labute approximate surface area is 191 Å². The van der Waals surface area contributed by atoms with Crippen LogP contribution >= 0.6 is 0 Å². The van der Waals surface area contributed by atoms with Crippen molar-refractivity contribution in [2.24, 2.45) is 0 Å². The number of likely N-dealkylation sites (tertiary alicyclic amines) is 1. The number of hydrogen-bond donors (Lipinski definition) is 2. The number of aromatic nitrogens is 3. The second-order valence-electron chi connectivity index (χ2n) is 8.77. The van der Waals surface area contributed by atoms with Gasteiger partial charge in [-0.15, -0.1) is 0 Å². The number of hydrogen-bond acceptors (Lipinski definition) is 7. The number of rotatable bonds is 1. The second kappa shape index (κ2) is 8.90. The minimum absolute atomic E-state index is 0.0987. The Kier molecular flexibility index (Phi) is 5.80. The van der Waals surface area contributed by atoms with Crippen LogP contribution in [0.4, 0.5) is 10.1 Å². The van der Waals surface area contributed by atoms with Gasteiger partial charge in [0, 0.05) is 41.5 Å². The Morgan fingerprint density at radius 2 is 2.00 bits per heavy atom. The molecule has 2 aliphatic heterocycles. The van der Waals surface area contributed by atoms with Crippen LogP contribution in [0.15, 0.2) is 36.8 Å². The SMILES string of the molecule is Cc1ncc(-c2ccc3ncc4cc3c2OCC(F)CNC(=O)[C@@H]2C[C@H](CCN2C)N4)cn1. The lowest BCUT2D eigenvalue weighted by molar-refractivity contribution is -0.127. The number of fused-ring (bicyclic) bond motifs is 3. The number of halogens is 1. The average Bonchev–Trinajstić information content (AvgIpc) is 2.82. The number of carbonyl (C=O) groups is 1. The molecule has 1 unspecified atom stereocenters. The third-order valence-corrected chi connectivity index (χ3v) is 6.36. The summed E-state index contributed by atoms with van der Waals surface area (Å²) >= 11 is 0. The topological polar surface area (TPSA) is 92.3 Å². The molecular weight excluding hydrogens is 423 g/mol. The van der Waals surface area contributed by atoms with Gasteiger partial charge in [0.15, 0.2) is 6.17 Å². The summed E-state index contributed by atoms with van der Waals surface area (Å²) in [5.41, 5.74) is 3.14. The summed E-state index contributed by atoms with van der Waals surface area (Å²) in [5.74, 6) is 1.04. The van der Waals surface area contributed by atoms with E-state index in [1.165, 1.54) is 0 Å². The van der Waals surface area contributed by atoms with Gasteiger partial charge < -0.3 is 15.4 Å². The Hall–Kier alpha value is -3.33. The van der Waals surface area contributed by atoms with Crippen molar-refractivity contribution < 1.29 is 13.9 Å². The number of likely N-dealkylation sites (N-methyl/N-ethyl adjacent to an activating group) is 1. The van der Waals surface area contributed by atoms with E-state index in [1.807, 2.05) is 37.1 Å². The van der Waals surface area contributed by atoms with Gasteiger partial charge in [-0.05, 0) is 45.0 Å². The molecule has 8 nitrogen and oxygen atoms in total. The summed E-state index contributed by atoms with van der Waals surface area (Å²) in [6.07, 6.45) is 5.44. The van der Waals surface area contributed by atoms with Gasteiger partial charge in [0.1, 0.15) is 18.2 Å². The summed E-state index contributed by atoms with van der Waals surface area (Å²) in [6, 6.07) is 5.61. The Bertz CT molecular complexity index is 1170. The first-order valence-corrected chi connectivity index (χ1v) is 11.2. The van der Waals surface area contributed by atoms with Crippen molar-refractivity contribution >= 4 is 22.5 Å². The predicted molar refractivity (Wildman–Crippen MR) is 124 cm³/mol. The van der Waals surface area contributed by atoms with E-state index in [2.05, 4.69) is 25.6 Å². The first-order valence-electron chi connectivity index (χ1n) is 11.2. The van der Waals surface area contributed by atoms with Gasteiger partial charge in [0.2, 0.25) is 5.91 Å². The molecule has 1 amide bonds. The number of aryl methyl sites for hydroxylation is 1. The van der Waals surface area contributed by atoms with E-state index in [9.17, 15) is 9.18 Å². The predicted octanol–water partition coefficient (Wildman–Crippen LogP) is 2.72. The number of benzene rings is 1. The highest BCUT2D eigenvalue weighted by Crippen LogP contribution is 2.37. The highest BCUT2D eigenvalue weighted by molar-refractivity contribution is 5.94. The molecule has 2 aliphatic rings. The molecule has 1 saturated heterocycles. The fraction of sp³-hybridized carbons (Fsp3) is 0.417. The lowest BCUT2D eigenvalue weighted by atomic mass is 9.96. The highest BCUT2D eigenvalue weighted by atomic mass is 19.1. The third kappa shape index (κ3) is 4.45. The molecule has 0 radical (unpaired) electrons. The number of nitrogens with one attached hydrogen (secondary N) is 2. The number of carbonyl (C=O) groups excluding carboxylic acids is 1. The average molecular weight is 451 g/mol. The summed E-state index contributed by atoms with van der Waals surface area (Å²) < 4.78 is 20.8. The van der Waals surface area contributed by atoms with Crippen LogP contribution in [0, 0.1) is 6.92 Å². The van der Waals surface area contributed by atoms with E-state index >= 15 is 0 Å². The van der Waals surface area contributed by atoms with Crippen molar-refractivity contribution in [1.82, 2.24) is 25.2 Å². The molecule has 5 rings (SSSR count). The zero-order valence-electron chi connectivity index (χ0n) is 18.7. The van der Waals surface area contributed by atoms with E-state index in [4.69, 9.17) is 4.74 Å². The van der Waals surface area contributed by atoms with Crippen LogP contribution in [0.3, 0.4) is 0 Å². The quantitative estimate of drug-likeness (QED) is 0.589. The van der Waals surface area contributed by atoms with Crippen LogP contribution in [-0.2, 0) is 4.79 Å². The number of nitrogens with zero attached hydrogens (tertiary/aromatic N) is 4. The van der Waals surface area contributed by atoms with E-state index in [0.29, 0.717) is 18.0 Å². The Balaban J connectivity index is 1.59. The fourth-order valence-corrected chi connectivity index (χ4v) is 4.48. The molecule has 33 heavy (non-hydrogen) atoms. The van der Waals surface area contributed by atoms with Gasteiger partial charge >= 0.3 is 0 Å². The molecule has 9 heteroatoms. The Morgan fingerprint density at radius 1 is 1.18 bits per heavy atom. The summed E-state index contributed by atoms with van der Waals surface area (Å²) in [4.78, 5) is 28.0. The molecular formula is C24H27FN6O2. The molecule has 0 saturated carbocycles. The Morgan fingerprint density at radius 3 is 2.82 bits per heavy atom. The van der Waals surface area contributed by atoms with E-state index in [0.717, 1.165) is 40.7 Å². The van der Waals surface area contributed by atoms with Crippen LogP contribution in [0.5, 0.6) is 5.75 Å². The molecule has 2 aromatic heterocycles. The number of amides is 1. The van der Waals surface area contributed by atoms with Crippen molar-refractivity contribution in [3.05, 3.63) is 42.6 Å². The normalized spacial score (nSPS) is 24.0. The van der Waals surface area contributed by atoms with Crippen LogP contribution in [0.1, 0.15) is 18.7 Å². The van der Waals surface area contributed by atoms with Gasteiger partial charge in [-0.1, -0.05) is 0 Å². The maximum absolute atomic E-state index is 14.8. The van der Waals surface area contributed by atoms with E-state index in [1.54, 1.807) is 18.6 Å². The molecule has 3 atom stereocenters. The lowest BCUT2D eigenvalue weighted by Crippen LogP contribution is -2.53. The molecule has 1 fully saturated rings. The molecule has 2 N–H and O–H groups in total. The maximum atomic E-state index is 14.8. The van der Waals surface area contributed by atoms with Gasteiger partial charge in [-0.2, -0.15) is 0 Å². The van der Waals surface area contributed by atoms with Crippen molar-refractivity contribution in [3.8, 4) is 16.9 Å². The first kappa shape index (κ1) is 21.5. The summed E-state index contributed by atoms with van der Waals surface area (Å²) in [5, 5.41) is 7.09. The fourth-order valence-electron chi connectivity index (χ4n) is 4.48. The van der Waals surface area contributed by atoms with Crippen molar-refractivity contribution in [1.29, 1.82) is 0 Å². The van der Waals surface area contributed by atoms with Gasteiger partial charge in [0.25, 0.3) is 0 Å². The van der Waals surface area contributed by atoms with Crippen molar-refractivity contribution in [2.75, 3.05) is 32.1 Å². The molecule has 3 aromatic rings.